The van der Waals surface area contributed by atoms with Gasteiger partial charge < -0.3 is 43.4 Å². The van der Waals surface area contributed by atoms with Crippen molar-refractivity contribution in [3.05, 3.63) is 52.1 Å². The molecule has 3 heterocycles. The van der Waals surface area contributed by atoms with Crippen LogP contribution < -0.4 is 0 Å². The number of fused-ring (bicyclic) bond motifs is 7. The van der Waals surface area contributed by atoms with E-state index in [2.05, 4.69) is 33.8 Å². The van der Waals surface area contributed by atoms with Gasteiger partial charge in [-0.1, -0.05) is 39.3 Å². The van der Waals surface area contributed by atoms with E-state index in [1.807, 2.05) is 0 Å². The SMILES string of the molecule is CC1CCC2(OC1)OC1CC3C4CCC5CC(O)CCC5(C)C4=CCC3(C)C1C2C.O=C(CC[N+](=O)[O-])OCC1OC(O)C(OC(=O)CC[N+](=O)[O-])C(OC(=O)CC[N+](=O)[O-])C1OC(=O)CC[N+](=O)[O-]. The zero-order valence-electron chi connectivity index (χ0n) is 40.0. The van der Waals surface area contributed by atoms with Crippen molar-refractivity contribution in [3.8, 4) is 0 Å². The minimum atomic E-state index is -2.22. The second-order valence-electron chi connectivity index (χ2n) is 20.5. The summed E-state index contributed by atoms with van der Waals surface area (Å²) < 4.78 is 38.4. The first-order valence-corrected chi connectivity index (χ1v) is 24.2. The van der Waals surface area contributed by atoms with E-state index in [0.29, 0.717) is 40.6 Å². The van der Waals surface area contributed by atoms with Crippen LogP contribution >= 0.6 is 0 Å². The molecule has 3 aliphatic heterocycles. The summed E-state index contributed by atoms with van der Waals surface area (Å²) in [6, 6.07) is 0. The molecule has 0 amide bonds. The average molecular weight is 999 g/mol. The molecular weight excluding hydrogens is 933 g/mol. The topological polar surface area (TPSA) is 346 Å². The van der Waals surface area contributed by atoms with E-state index >= 15 is 0 Å². The van der Waals surface area contributed by atoms with Gasteiger partial charge in [0.1, 0.15) is 38.4 Å². The molecule has 16 atom stereocenters. The Hall–Kier alpha value is -4.98. The van der Waals surface area contributed by atoms with E-state index in [-0.39, 0.29) is 11.9 Å². The molecule has 16 unspecified atom stereocenters. The Kier molecular flexibility index (Phi) is 17.6. The fourth-order valence-corrected chi connectivity index (χ4v) is 12.6. The quantitative estimate of drug-likeness (QED) is 0.0693. The van der Waals surface area contributed by atoms with E-state index < -0.39 is 133 Å². The third-order valence-electron chi connectivity index (χ3n) is 16.1. The summed E-state index contributed by atoms with van der Waals surface area (Å²) in [5.41, 5.74) is 2.46. The van der Waals surface area contributed by atoms with Crippen LogP contribution in [-0.4, -0.2) is 142 Å². The highest BCUT2D eigenvalue weighted by Crippen LogP contribution is 2.70. The molecule has 0 aromatic rings. The Bertz CT molecular complexity index is 2010. The summed E-state index contributed by atoms with van der Waals surface area (Å²) in [5.74, 6) is -1.38. The molecule has 0 aromatic heterocycles. The summed E-state index contributed by atoms with van der Waals surface area (Å²) >= 11 is 0. The van der Waals surface area contributed by atoms with Crippen molar-refractivity contribution in [2.24, 2.45) is 46.3 Å². The molecule has 392 valence electrons. The van der Waals surface area contributed by atoms with Crippen molar-refractivity contribution >= 4 is 23.9 Å². The predicted molar refractivity (Wildman–Crippen MR) is 235 cm³/mol. The highest BCUT2D eigenvalue weighted by Gasteiger charge is 2.68. The van der Waals surface area contributed by atoms with Crippen LogP contribution in [0.3, 0.4) is 0 Å². The van der Waals surface area contributed by atoms with Crippen molar-refractivity contribution < 1.29 is 82.2 Å². The van der Waals surface area contributed by atoms with Gasteiger partial charge in [-0.15, -0.1) is 0 Å². The van der Waals surface area contributed by atoms with Crippen molar-refractivity contribution in [1.82, 2.24) is 0 Å². The number of rotatable bonds is 17. The Balaban J connectivity index is 0.000000237. The first-order chi connectivity index (χ1) is 33.0. The van der Waals surface area contributed by atoms with Crippen molar-refractivity contribution in [2.45, 2.75) is 160 Å². The summed E-state index contributed by atoms with van der Waals surface area (Å²) in [6.45, 7) is 6.28. The minimum Gasteiger partial charge on any atom is -0.463 e. The van der Waals surface area contributed by atoms with E-state index in [0.717, 1.165) is 37.7 Å². The molecule has 3 saturated carbocycles. The molecule has 3 saturated heterocycles. The Morgan fingerprint density at radius 1 is 0.729 bits per heavy atom. The monoisotopic (exact) mass is 998 g/mol. The normalized spacial score (nSPS) is 38.1. The van der Waals surface area contributed by atoms with Crippen LogP contribution in [0.1, 0.15) is 111 Å². The van der Waals surface area contributed by atoms with E-state index in [1.165, 1.54) is 38.5 Å². The number of aliphatic hydroxyl groups excluding tert-OH is 2. The van der Waals surface area contributed by atoms with Crippen LogP contribution in [0, 0.1) is 86.8 Å². The zero-order chi connectivity index (χ0) is 51.3. The number of carbonyl (C=O) groups is 4. The Morgan fingerprint density at radius 3 is 1.84 bits per heavy atom. The van der Waals surface area contributed by atoms with Gasteiger partial charge in [0.25, 0.3) is 0 Å². The molecule has 7 aliphatic rings. The van der Waals surface area contributed by atoms with E-state index in [4.69, 9.17) is 33.2 Å². The third kappa shape index (κ3) is 12.4. The van der Waals surface area contributed by atoms with Gasteiger partial charge in [-0.3, -0.25) is 59.6 Å². The number of nitrogens with zero attached hydrogens (tertiary/aromatic N) is 4. The molecule has 2 N–H and O–H groups in total. The van der Waals surface area contributed by atoms with Gasteiger partial charge >= 0.3 is 23.9 Å². The number of carbonyl (C=O) groups excluding carboxylic acids is 4. The van der Waals surface area contributed by atoms with Crippen LogP contribution in [0.2, 0.25) is 0 Å². The summed E-state index contributed by atoms with van der Waals surface area (Å²) in [7, 11) is 0. The number of esters is 4. The first-order valence-electron chi connectivity index (χ1n) is 24.2. The number of aliphatic hydroxyl groups is 2. The summed E-state index contributed by atoms with van der Waals surface area (Å²) in [5, 5.41) is 63.0. The fraction of sp³-hybridized carbons (Fsp3) is 0.867. The second-order valence-corrected chi connectivity index (χ2v) is 20.5. The molecule has 25 heteroatoms. The van der Waals surface area contributed by atoms with Gasteiger partial charge in [-0.2, -0.15) is 0 Å². The lowest BCUT2D eigenvalue weighted by Crippen LogP contribution is -2.62. The van der Waals surface area contributed by atoms with Crippen molar-refractivity contribution in [1.29, 1.82) is 0 Å². The van der Waals surface area contributed by atoms with Crippen molar-refractivity contribution in [3.63, 3.8) is 0 Å². The fourth-order valence-electron chi connectivity index (χ4n) is 12.6. The molecule has 25 nitrogen and oxygen atoms in total. The third-order valence-corrected chi connectivity index (χ3v) is 16.1. The van der Waals surface area contributed by atoms with Crippen LogP contribution in [0.15, 0.2) is 11.6 Å². The highest BCUT2D eigenvalue weighted by molar-refractivity contribution is 5.72. The maximum atomic E-state index is 12.3. The van der Waals surface area contributed by atoms with Gasteiger partial charge in [0.15, 0.2) is 30.4 Å². The number of hydrogen-bond acceptors (Lipinski definition) is 21. The highest BCUT2D eigenvalue weighted by atomic mass is 16.7. The maximum Gasteiger partial charge on any atom is 0.313 e. The Morgan fingerprint density at radius 2 is 1.29 bits per heavy atom. The molecule has 0 radical (unpaired) electrons. The molecule has 70 heavy (non-hydrogen) atoms. The van der Waals surface area contributed by atoms with Gasteiger partial charge in [0, 0.05) is 32.0 Å². The molecule has 0 aromatic carbocycles. The lowest BCUT2D eigenvalue weighted by Gasteiger charge is -2.57. The lowest BCUT2D eigenvalue weighted by atomic mass is 9.48. The molecule has 0 bridgehead atoms. The predicted octanol–water partition coefficient (Wildman–Crippen LogP) is 3.36. The number of ether oxygens (including phenoxy) is 7. The second kappa shape index (κ2) is 22.6. The van der Waals surface area contributed by atoms with Gasteiger partial charge in [0.05, 0.1) is 18.8 Å². The van der Waals surface area contributed by atoms with Gasteiger partial charge in [0.2, 0.25) is 26.2 Å². The number of allylic oxidation sites excluding steroid dienone is 2. The standard InChI is InChI=1S/C27H42O3.C18H24N4O18/c1-16-7-12-27(29-15-16)17(2)24-23(30-27)14-22-20-6-5-18-13-19(28)8-10-25(18,3)21(20)9-11-26(22,24)4;23-11(1-5-19(28)29)36-9-10-15(38-12(24)2-6-20(30)31)16(39-13(25)3-7-21(32)33)17(18(27)37-10)40-14(26)4-8-22(34)35/h9,16-20,22-24,28H,5-8,10-15H2,1-4H3;10,15-18,27H,1-9H2. The smallest absolute Gasteiger partial charge is 0.313 e. The van der Waals surface area contributed by atoms with Crippen LogP contribution in [0.5, 0.6) is 0 Å². The Labute approximate surface area is 403 Å². The molecule has 1 spiro atoms. The zero-order valence-corrected chi connectivity index (χ0v) is 40.0. The lowest BCUT2D eigenvalue weighted by molar-refractivity contribution is -0.479. The molecule has 6 fully saturated rings. The summed E-state index contributed by atoms with van der Waals surface area (Å²) in [4.78, 5) is 87.3. The largest absolute Gasteiger partial charge is 0.463 e. The van der Waals surface area contributed by atoms with Gasteiger partial charge in [-0.25, -0.2) is 0 Å². The molecular formula is C45H66N4O21. The minimum absolute atomic E-state index is 0.0661. The maximum absolute atomic E-state index is 12.3. The van der Waals surface area contributed by atoms with Gasteiger partial charge in [-0.05, 0) is 91.8 Å². The first kappa shape index (κ1) is 54.4. The number of hydrogen-bond donors (Lipinski definition) is 2. The van der Waals surface area contributed by atoms with Crippen LogP contribution in [-0.2, 0) is 52.3 Å². The average Bonchev–Trinajstić information content (AvgIpc) is 3.74. The molecule has 7 rings (SSSR count). The number of nitro groups is 4. The van der Waals surface area contributed by atoms with E-state index in [1.54, 1.807) is 5.57 Å². The van der Waals surface area contributed by atoms with Crippen molar-refractivity contribution in [2.75, 3.05) is 39.4 Å². The molecule has 4 aliphatic carbocycles. The van der Waals surface area contributed by atoms with Crippen LogP contribution in [0.25, 0.3) is 0 Å². The van der Waals surface area contributed by atoms with Crippen LogP contribution in [0.4, 0.5) is 0 Å². The summed E-state index contributed by atoms with van der Waals surface area (Å²) in [6.07, 6.45) is 0.422. The van der Waals surface area contributed by atoms with E-state index in [9.17, 15) is 69.8 Å².